The molecule has 1 N–H and O–H groups in total. The second kappa shape index (κ2) is 6.58. The highest BCUT2D eigenvalue weighted by molar-refractivity contribution is 9.10. The smallest absolute Gasteiger partial charge is 0.275 e. The topological polar surface area (TPSA) is 64.4 Å². The highest BCUT2D eigenvalue weighted by atomic mass is 79.9. The molecular weight excluding hydrogens is 336 g/mol. The van der Waals surface area contributed by atoms with Crippen LogP contribution in [0.5, 0.6) is 5.75 Å². The molecule has 0 fully saturated rings. The molecule has 0 bridgehead atoms. The maximum atomic E-state index is 11.1. The Morgan fingerprint density at radius 2 is 2.05 bits per heavy atom. The average Bonchev–Trinajstić information content (AvgIpc) is 2.46. The number of nitro benzene ring substituents is 1. The summed E-state index contributed by atoms with van der Waals surface area (Å²) < 4.78 is 5.85. The zero-order chi connectivity index (χ0) is 15.4. The fourth-order valence-corrected chi connectivity index (χ4v) is 2.36. The zero-order valence-electron chi connectivity index (χ0n) is 11.7. The van der Waals surface area contributed by atoms with Crippen molar-refractivity contribution in [2.24, 2.45) is 0 Å². The predicted molar refractivity (Wildman–Crippen MR) is 85.9 cm³/mol. The molecule has 0 radical (unpaired) electrons. The molecule has 0 unspecified atom stereocenters. The lowest BCUT2D eigenvalue weighted by Crippen LogP contribution is -2.04. The number of nitrogens with one attached hydrogen (secondary N) is 1. The van der Waals surface area contributed by atoms with E-state index in [-0.39, 0.29) is 10.6 Å². The van der Waals surface area contributed by atoms with Gasteiger partial charge < -0.3 is 10.1 Å². The van der Waals surface area contributed by atoms with Crippen LogP contribution in [0.2, 0.25) is 0 Å². The lowest BCUT2D eigenvalue weighted by atomic mass is 10.1. The van der Waals surface area contributed by atoms with Crippen molar-refractivity contribution in [3.05, 3.63) is 62.1 Å². The normalized spacial score (nSPS) is 10.2. The molecule has 5 nitrogen and oxygen atoms in total. The SMILES string of the molecule is COc1ccc(NCc2ccc(Br)cc2[N+](=O)[O-])c(C)c1. The van der Waals surface area contributed by atoms with Gasteiger partial charge in [0.15, 0.2) is 0 Å². The summed E-state index contributed by atoms with van der Waals surface area (Å²) in [5.74, 6) is 0.785. The van der Waals surface area contributed by atoms with Gasteiger partial charge in [-0.3, -0.25) is 10.1 Å². The first-order valence-electron chi connectivity index (χ1n) is 6.32. The van der Waals surface area contributed by atoms with Crippen molar-refractivity contribution in [1.82, 2.24) is 0 Å². The standard InChI is InChI=1S/C15H15BrN2O3/c1-10-7-13(21-2)5-6-14(10)17-9-11-3-4-12(16)8-15(11)18(19)20/h3-8,17H,9H2,1-2H3. The van der Waals surface area contributed by atoms with Gasteiger partial charge in [0, 0.05) is 28.3 Å². The largest absolute Gasteiger partial charge is 0.497 e. The molecule has 0 heterocycles. The number of methoxy groups -OCH3 is 1. The van der Waals surface area contributed by atoms with Gasteiger partial charge in [0.05, 0.1) is 12.0 Å². The molecule has 0 atom stereocenters. The van der Waals surface area contributed by atoms with E-state index in [1.807, 2.05) is 25.1 Å². The number of ether oxygens (including phenoxy) is 1. The number of anilines is 1. The Hall–Kier alpha value is -2.08. The Morgan fingerprint density at radius 1 is 1.29 bits per heavy atom. The van der Waals surface area contributed by atoms with Crippen LogP contribution in [0.25, 0.3) is 0 Å². The minimum Gasteiger partial charge on any atom is -0.497 e. The molecule has 6 heteroatoms. The molecule has 0 amide bonds. The number of nitrogens with zero attached hydrogens (tertiary/aromatic N) is 1. The number of halogens is 1. The van der Waals surface area contributed by atoms with Crippen LogP contribution in [0, 0.1) is 17.0 Å². The number of nitro groups is 1. The molecule has 0 spiro atoms. The highest BCUT2D eigenvalue weighted by Gasteiger charge is 2.14. The lowest BCUT2D eigenvalue weighted by molar-refractivity contribution is -0.385. The molecular formula is C15H15BrN2O3. The van der Waals surface area contributed by atoms with Crippen molar-refractivity contribution >= 4 is 27.3 Å². The van der Waals surface area contributed by atoms with E-state index in [0.717, 1.165) is 17.0 Å². The third kappa shape index (κ3) is 3.72. The van der Waals surface area contributed by atoms with Gasteiger partial charge in [-0.1, -0.05) is 15.9 Å². The van der Waals surface area contributed by atoms with Gasteiger partial charge in [-0.25, -0.2) is 0 Å². The van der Waals surface area contributed by atoms with Crippen molar-refractivity contribution < 1.29 is 9.66 Å². The van der Waals surface area contributed by atoms with Gasteiger partial charge in [-0.05, 0) is 42.8 Å². The molecule has 21 heavy (non-hydrogen) atoms. The minimum atomic E-state index is -0.372. The zero-order valence-corrected chi connectivity index (χ0v) is 13.3. The summed E-state index contributed by atoms with van der Waals surface area (Å²) in [6.07, 6.45) is 0. The summed E-state index contributed by atoms with van der Waals surface area (Å²) in [5, 5.41) is 14.3. The van der Waals surface area contributed by atoms with E-state index in [1.54, 1.807) is 19.2 Å². The third-order valence-electron chi connectivity index (χ3n) is 3.15. The van der Waals surface area contributed by atoms with Crippen molar-refractivity contribution in [2.75, 3.05) is 12.4 Å². The van der Waals surface area contributed by atoms with E-state index in [0.29, 0.717) is 16.6 Å². The lowest BCUT2D eigenvalue weighted by Gasteiger charge is -2.11. The van der Waals surface area contributed by atoms with Crippen molar-refractivity contribution in [2.45, 2.75) is 13.5 Å². The van der Waals surface area contributed by atoms with Crippen LogP contribution < -0.4 is 10.1 Å². The maximum Gasteiger partial charge on any atom is 0.275 e. The second-order valence-electron chi connectivity index (χ2n) is 4.56. The molecule has 0 saturated heterocycles. The quantitative estimate of drug-likeness (QED) is 0.645. The number of rotatable bonds is 5. The van der Waals surface area contributed by atoms with Gasteiger partial charge >= 0.3 is 0 Å². The van der Waals surface area contributed by atoms with Gasteiger partial charge in [0.25, 0.3) is 5.69 Å². The number of hydrogen-bond acceptors (Lipinski definition) is 4. The maximum absolute atomic E-state index is 11.1. The average molecular weight is 351 g/mol. The first kappa shape index (κ1) is 15.3. The highest BCUT2D eigenvalue weighted by Crippen LogP contribution is 2.26. The molecule has 0 saturated carbocycles. The molecule has 2 aromatic rings. The number of aryl methyl sites for hydroxylation is 1. The molecule has 2 rings (SSSR count). The fraction of sp³-hybridized carbons (Fsp3) is 0.200. The monoisotopic (exact) mass is 350 g/mol. The molecule has 0 aliphatic carbocycles. The van der Waals surface area contributed by atoms with E-state index >= 15 is 0 Å². The fourth-order valence-electron chi connectivity index (χ4n) is 2.01. The third-order valence-corrected chi connectivity index (χ3v) is 3.64. The first-order chi connectivity index (χ1) is 10.0. The number of benzene rings is 2. The Kier molecular flexibility index (Phi) is 4.80. The molecule has 0 aliphatic rings. The summed E-state index contributed by atoms with van der Waals surface area (Å²) in [7, 11) is 1.62. The van der Waals surface area contributed by atoms with E-state index in [4.69, 9.17) is 4.74 Å². The second-order valence-corrected chi connectivity index (χ2v) is 5.48. The molecule has 0 aliphatic heterocycles. The van der Waals surface area contributed by atoms with Crippen molar-refractivity contribution in [1.29, 1.82) is 0 Å². The summed E-state index contributed by atoms with van der Waals surface area (Å²) >= 11 is 3.25. The minimum absolute atomic E-state index is 0.100. The van der Waals surface area contributed by atoms with E-state index in [2.05, 4.69) is 21.2 Å². The van der Waals surface area contributed by atoms with Crippen LogP contribution in [0.15, 0.2) is 40.9 Å². The molecule has 110 valence electrons. The summed E-state index contributed by atoms with van der Waals surface area (Å²) in [6.45, 7) is 2.34. The Morgan fingerprint density at radius 3 is 2.67 bits per heavy atom. The van der Waals surface area contributed by atoms with Crippen LogP contribution in [0.1, 0.15) is 11.1 Å². The summed E-state index contributed by atoms with van der Waals surface area (Å²) in [5.41, 5.74) is 2.68. The Labute approximate surface area is 131 Å². The van der Waals surface area contributed by atoms with Gasteiger partial charge in [0.1, 0.15) is 5.75 Å². The van der Waals surface area contributed by atoms with Gasteiger partial charge in [-0.2, -0.15) is 0 Å². The van der Waals surface area contributed by atoms with E-state index < -0.39 is 0 Å². The van der Waals surface area contributed by atoms with Crippen LogP contribution >= 0.6 is 15.9 Å². The van der Waals surface area contributed by atoms with Crippen LogP contribution in [0.4, 0.5) is 11.4 Å². The molecule has 0 aromatic heterocycles. The summed E-state index contributed by atoms with van der Waals surface area (Å²) in [6, 6.07) is 10.7. The first-order valence-corrected chi connectivity index (χ1v) is 7.12. The van der Waals surface area contributed by atoms with Crippen molar-refractivity contribution in [3.8, 4) is 5.75 Å². The Bertz CT molecular complexity index is 674. The Balaban J connectivity index is 2.18. The van der Waals surface area contributed by atoms with Gasteiger partial charge in [0.2, 0.25) is 0 Å². The predicted octanol–water partition coefficient (Wildman–Crippen LogP) is 4.29. The van der Waals surface area contributed by atoms with E-state index in [9.17, 15) is 10.1 Å². The van der Waals surface area contributed by atoms with Crippen molar-refractivity contribution in [3.63, 3.8) is 0 Å². The van der Waals surface area contributed by atoms with Crippen LogP contribution in [-0.4, -0.2) is 12.0 Å². The summed E-state index contributed by atoms with van der Waals surface area (Å²) in [4.78, 5) is 10.7. The van der Waals surface area contributed by atoms with Crippen LogP contribution in [0.3, 0.4) is 0 Å². The number of hydrogen-bond donors (Lipinski definition) is 1. The van der Waals surface area contributed by atoms with E-state index in [1.165, 1.54) is 6.07 Å². The van der Waals surface area contributed by atoms with Crippen LogP contribution in [-0.2, 0) is 6.54 Å². The molecule has 2 aromatic carbocycles. The van der Waals surface area contributed by atoms with Gasteiger partial charge in [-0.15, -0.1) is 0 Å².